The van der Waals surface area contributed by atoms with Crippen LogP contribution in [0, 0.1) is 18.6 Å². The first-order valence-electron chi connectivity index (χ1n) is 11.1. The van der Waals surface area contributed by atoms with Crippen molar-refractivity contribution < 1.29 is 22.0 Å². The van der Waals surface area contributed by atoms with E-state index in [1.807, 2.05) is 0 Å². The average Bonchev–Trinajstić information content (AvgIpc) is 2.88. The summed E-state index contributed by atoms with van der Waals surface area (Å²) in [6.07, 6.45) is 1.25. The van der Waals surface area contributed by atoms with E-state index in [0.717, 1.165) is 11.8 Å². The quantitative estimate of drug-likeness (QED) is 0.269. The molecule has 7 nitrogen and oxygen atoms in total. The fourth-order valence-corrected chi connectivity index (χ4v) is 6.13. The van der Waals surface area contributed by atoms with Gasteiger partial charge in [-0.2, -0.15) is 0 Å². The van der Waals surface area contributed by atoms with Gasteiger partial charge in [0.25, 0.3) is 10.0 Å². The number of nitrogens with zero attached hydrogens (tertiary/aromatic N) is 3. The monoisotopic (exact) mass is 538 g/mol. The second-order valence-electron chi connectivity index (χ2n) is 8.32. The van der Waals surface area contributed by atoms with Gasteiger partial charge < -0.3 is 5.32 Å². The van der Waals surface area contributed by atoms with Crippen LogP contribution in [0.4, 0.5) is 20.2 Å². The summed E-state index contributed by atoms with van der Waals surface area (Å²) in [5.74, 6) is -1.16. The van der Waals surface area contributed by atoms with E-state index in [0.29, 0.717) is 28.1 Å². The van der Waals surface area contributed by atoms with Gasteiger partial charge in [-0.05, 0) is 54.4 Å². The summed E-state index contributed by atoms with van der Waals surface area (Å²) in [4.78, 5) is 21.1. The Balaban J connectivity index is 1.40. The summed E-state index contributed by atoms with van der Waals surface area (Å²) in [5, 5.41) is 2.96. The van der Waals surface area contributed by atoms with E-state index in [-0.39, 0.29) is 34.0 Å². The van der Waals surface area contributed by atoms with Gasteiger partial charge in [-0.25, -0.2) is 27.2 Å². The molecule has 0 radical (unpaired) electrons. The third kappa shape index (κ3) is 5.05. The topological polar surface area (TPSA) is 92.3 Å². The van der Waals surface area contributed by atoms with E-state index in [4.69, 9.17) is 0 Å². The Labute approximate surface area is 216 Å². The number of aromatic nitrogens is 2. The number of carbonyl (C=O) groups is 1. The van der Waals surface area contributed by atoms with Crippen molar-refractivity contribution in [2.24, 2.45) is 0 Å². The highest BCUT2D eigenvalue weighted by Crippen LogP contribution is 2.42. The molecule has 11 heteroatoms. The molecule has 1 N–H and O–H groups in total. The maximum atomic E-state index is 13.5. The van der Waals surface area contributed by atoms with Gasteiger partial charge in [-0.15, -0.1) is 0 Å². The van der Waals surface area contributed by atoms with Crippen molar-refractivity contribution >= 4 is 39.1 Å². The van der Waals surface area contributed by atoms with Gasteiger partial charge in [0.15, 0.2) is 5.16 Å². The fourth-order valence-electron chi connectivity index (χ4n) is 3.95. The lowest BCUT2D eigenvalue weighted by Gasteiger charge is -2.31. The Hall–Kier alpha value is -3.83. The summed E-state index contributed by atoms with van der Waals surface area (Å²) < 4.78 is 55.0. The Morgan fingerprint density at radius 1 is 1.03 bits per heavy atom. The molecule has 5 rings (SSSR count). The normalized spacial score (nSPS) is 13.5. The lowest BCUT2D eigenvalue weighted by molar-refractivity contribution is -0.113. The van der Waals surface area contributed by atoms with Crippen molar-refractivity contribution in [2.75, 3.05) is 15.4 Å². The number of benzene rings is 3. The number of hydrogen-bond acceptors (Lipinski definition) is 6. The van der Waals surface area contributed by atoms with Crippen LogP contribution in [0.25, 0.3) is 11.3 Å². The van der Waals surface area contributed by atoms with Crippen LogP contribution in [0.2, 0.25) is 0 Å². The number of thioether (sulfide) groups is 1. The Morgan fingerprint density at radius 3 is 2.51 bits per heavy atom. The van der Waals surface area contributed by atoms with E-state index in [9.17, 15) is 22.0 Å². The predicted molar refractivity (Wildman–Crippen MR) is 138 cm³/mol. The lowest BCUT2D eigenvalue weighted by atomic mass is 10.1. The number of halogens is 2. The summed E-state index contributed by atoms with van der Waals surface area (Å²) >= 11 is 1.06. The number of rotatable bonds is 6. The summed E-state index contributed by atoms with van der Waals surface area (Å²) in [5.41, 5.74) is 3.01. The van der Waals surface area contributed by atoms with Crippen molar-refractivity contribution in [3.63, 3.8) is 0 Å². The minimum atomic E-state index is -4.01. The maximum absolute atomic E-state index is 13.5. The molecule has 0 saturated heterocycles. The standard InChI is InChI=1S/C26H20F2N4O3S2/c1-16-12-19(28)10-11-21(16)30-24(33)15-36-26-29-13-23-25(31-26)20-4-2-3-5-22(20)32(37(23,34)35)14-17-6-8-18(27)9-7-17/h2-13H,14-15H2,1H3,(H,30,33). The van der Waals surface area contributed by atoms with Crippen molar-refractivity contribution in [2.45, 2.75) is 23.5 Å². The molecule has 37 heavy (non-hydrogen) atoms. The first kappa shape index (κ1) is 24.8. The molecule has 1 aromatic heterocycles. The summed E-state index contributed by atoms with van der Waals surface area (Å²) in [6.45, 7) is 1.70. The van der Waals surface area contributed by atoms with Crippen LogP contribution in [-0.4, -0.2) is 30.0 Å². The van der Waals surface area contributed by atoms with Gasteiger partial charge in [0.05, 0.1) is 29.9 Å². The number of aryl methyl sites for hydroxylation is 1. The van der Waals surface area contributed by atoms with E-state index in [1.54, 1.807) is 31.2 Å². The molecule has 0 saturated carbocycles. The van der Waals surface area contributed by atoms with Crippen LogP contribution >= 0.6 is 11.8 Å². The van der Waals surface area contributed by atoms with Gasteiger partial charge in [-0.3, -0.25) is 9.10 Å². The van der Waals surface area contributed by atoms with E-state index >= 15 is 0 Å². The third-order valence-corrected chi connectivity index (χ3v) is 8.39. The zero-order valence-corrected chi connectivity index (χ0v) is 21.1. The molecule has 0 bridgehead atoms. The number of hydrogen-bond donors (Lipinski definition) is 1. The van der Waals surface area contributed by atoms with E-state index in [2.05, 4.69) is 15.3 Å². The van der Waals surface area contributed by atoms with Gasteiger partial charge in [0.2, 0.25) is 5.91 Å². The molecular weight excluding hydrogens is 518 g/mol. The van der Waals surface area contributed by atoms with Crippen LogP contribution in [0.5, 0.6) is 0 Å². The Bertz CT molecular complexity index is 1610. The first-order chi connectivity index (χ1) is 17.7. The Morgan fingerprint density at radius 2 is 1.76 bits per heavy atom. The van der Waals surface area contributed by atoms with Crippen molar-refractivity contribution in [3.8, 4) is 11.3 Å². The van der Waals surface area contributed by atoms with Crippen LogP contribution in [0.1, 0.15) is 11.1 Å². The largest absolute Gasteiger partial charge is 0.325 e. The second kappa shape index (κ2) is 9.91. The number of carbonyl (C=O) groups excluding carboxylic acids is 1. The van der Waals surface area contributed by atoms with E-state index in [1.165, 1.54) is 53.0 Å². The minimum Gasteiger partial charge on any atom is -0.325 e. The molecule has 1 aliphatic rings. The molecule has 4 aromatic rings. The lowest BCUT2D eigenvalue weighted by Crippen LogP contribution is -2.34. The number of anilines is 2. The van der Waals surface area contributed by atoms with Crippen LogP contribution < -0.4 is 9.62 Å². The van der Waals surface area contributed by atoms with Gasteiger partial charge in [0, 0.05) is 11.3 Å². The van der Waals surface area contributed by atoms with Gasteiger partial charge in [0.1, 0.15) is 16.5 Å². The molecule has 3 aromatic carbocycles. The zero-order chi connectivity index (χ0) is 26.2. The van der Waals surface area contributed by atoms with E-state index < -0.39 is 21.7 Å². The molecular formula is C26H20F2N4O3S2. The minimum absolute atomic E-state index is 0.0124. The van der Waals surface area contributed by atoms with Crippen LogP contribution in [-0.2, 0) is 21.4 Å². The number of amides is 1. The SMILES string of the molecule is Cc1cc(F)ccc1NC(=O)CSc1ncc2c(n1)-c1ccccc1N(Cc1ccc(F)cc1)S2(=O)=O. The average molecular weight is 539 g/mol. The first-order valence-corrected chi connectivity index (χ1v) is 13.6. The van der Waals surface area contributed by atoms with Crippen molar-refractivity contribution in [1.82, 2.24) is 9.97 Å². The highest BCUT2D eigenvalue weighted by atomic mass is 32.2. The number of sulfonamides is 1. The second-order valence-corrected chi connectivity index (χ2v) is 11.1. The highest BCUT2D eigenvalue weighted by Gasteiger charge is 2.36. The summed E-state index contributed by atoms with van der Waals surface area (Å²) in [7, 11) is -4.01. The molecule has 0 unspecified atom stereocenters. The highest BCUT2D eigenvalue weighted by molar-refractivity contribution is 7.99. The maximum Gasteiger partial charge on any atom is 0.268 e. The number of fused-ring (bicyclic) bond motifs is 3. The van der Waals surface area contributed by atoms with Crippen LogP contribution in [0.3, 0.4) is 0 Å². The third-order valence-electron chi connectivity index (χ3n) is 5.76. The van der Waals surface area contributed by atoms with Crippen molar-refractivity contribution in [1.29, 1.82) is 0 Å². The predicted octanol–water partition coefficient (Wildman–Crippen LogP) is 5.17. The molecule has 0 aliphatic carbocycles. The smallest absolute Gasteiger partial charge is 0.268 e. The molecule has 0 fully saturated rings. The molecule has 188 valence electrons. The molecule has 1 amide bonds. The Kier molecular flexibility index (Phi) is 6.65. The zero-order valence-electron chi connectivity index (χ0n) is 19.5. The number of nitrogens with one attached hydrogen (secondary N) is 1. The molecule has 0 spiro atoms. The van der Waals surface area contributed by atoms with Crippen molar-refractivity contribution in [3.05, 3.63) is 95.7 Å². The molecule has 2 heterocycles. The molecule has 1 aliphatic heterocycles. The summed E-state index contributed by atoms with van der Waals surface area (Å²) in [6, 6.07) is 16.7. The number of para-hydroxylation sites is 1. The van der Waals surface area contributed by atoms with Crippen LogP contribution in [0.15, 0.2) is 83.0 Å². The van der Waals surface area contributed by atoms with Gasteiger partial charge >= 0.3 is 0 Å². The fraction of sp³-hybridized carbons (Fsp3) is 0.115. The molecule has 0 atom stereocenters. The van der Waals surface area contributed by atoms with Gasteiger partial charge in [-0.1, -0.05) is 42.1 Å².